The topological polar surface area (TPSA) is 49.4 Å². The SMILES string of the molecule is CCCC1C(=O)NC(C)C(=O)N1Cc1ccc(Cl)c(Cl)c1. The highest BCUT2D eigenvalue weighted by Crippen LogP contribution is 2.25. The van der Waals surface area contributed by atoms with E-state index in [1.165, 1.54) is 0 Å². The van der Waals surface area contributed by atoms with E-state index in [4.69, 9.17) is 23.2 Å². The lowest BCUT2D eigenvalue weighted by atomic mass is 10.0. The molecule has 1 aliphatic rings. The lowest BCUT2D eigenvalue weighted by Gasteiger charge is -2.38. The molecule has 1 heterocycles. The minimum atomic E-state index is -0.492. The maximum Gasteiger partial charge on any atom is 0.245 e. The van der Waals surface area contributed by atoms with Crippen LogP contribution < -0.4 is 5.32 Å². The Morgan fingerprint density at radius 2 is 1.95 bits per heavy atom. The number of carbonyl (C=O) groups excluding carboxylic acids is 2. The van der Waals surface area contributed by atoms with E-state index < -0.39 is 12.1 Å². The van der Waals surface area contributed by atoms with Gasteiger partial charge in [0.2, 0.25) is 11.8 Å². The molecule has 1 saturated heterocycles. The Morgan fingerprint density at radius 1 is 1.24 bits per heavy atom. The fourth-order valence-electron chi connectivity index (χ4n) is 2.50. The van der Waals surface area contributed by atoms with Crippen molar-refractivity contribution in [2.45, 2.75) is 45.3 Å². The van der Waals surface area contributed by atoms with E-state index in [-0.39, 0.29) is 11.8 Å². The van der Waals surface area contributed by atoms with E-state index in [0.29, 0.717) is 23.0 Å². The van der Waals surface area contributed by atoms with Gasteiger partial charge in [-0.1, -0.05) is 42.6 Å². The lowest BCUT2D eigenvalue weighted by molar-refractivity contribution is -0.149. The van der Waals surface area contributed by atoms with Crippen molar-refractivity contribution < 1.29 is 9.59 Å². The van der Waals surface area contributed by atoms with Crippen molar-refractivity contribution >= 4 is 35.0 Å². The molecule has 114 valence electrons. The number of halogens is 2. The third kappa shape index (κ3) is 3.50. The summed E-state index contributed by atoms with van der Waals surface area (Å²) in [6.07, 6.45) is 1.48. The summed E-state index contributed by atoms with van der Waals surface area (Å²) in [5, 5.41) is 3.64. The number of hydrogen-bond donors (Lipinski definition) is 1. The molecule has 6 heteroatoms. The summed E-state index contributed by atoms with van der Waals surface area (Å²) in [4.78, 5) is 26.1. The van der Waals surface area contributed by atoms with Crippen molar-refractivity contribution in [3.05, 3.63) is 33.8 Å². The second kappa shape index (κ2) is 6.67. The molecule has 1 fully saturated rings. The van der Waals surface area contributed by atoms with Crippen LogP contribution in [0.3, 0.4) is 0 Å². The maximum atomic E-state index is 12.4. The summed E-state index contributed by atoms with van der Waals surface area (Å²) in [6, 6.07) is 4.34. The molecule has 2 rings (SSSR count). The highest BCUT2D eigenvalue weighted by atomic mass is 35.5. The van der Waals surface area contributed by atoms with Crippen LogP contribution in [0, 0.1) is 0 Å². The number of piperazine rings is 1. The molecule has 0 aromatic heterocycles. The van der Waals surface area contributed by atoms with Crippen LogP contribution in [0.25, 0.3) is 0 Å². The Morgan fingerprint density at radius 3 is 2.57 bits per heavy atom. The van der Waals surface area contributed by atoms with Gasteiger partial charge >= 0.3 is 0 Å². The number of benzene rings is 1. The summed E-state index contributed by atoms with van der Waals surface area (Å²) in [5.41, 5.74) is 0.862. The molecule has 0 spiro atoms. The molecule has 4 nitrogen and oxygen atoms in total. The van der Waals surface area contributed by atoms with Crippen LogP contribution in [0.1, 0.15) is 32.3 Å². The van der Waals surface area contributed by atoms with Gasteiger partial charge in [0.1, 0.15) is 12.1 Å². The molecule has 2 unspecified atom stereocenters. The first-order valence-electron chi connectivity index (χ1n) is 6.98. The molecule has 1 N–H and O–H groups in total. The van der Waals surface area contributed by atoms with Gasteiger partial charge in [0.05, 0.1) is 10.0 Å². The molecule has 21 heavy (non-hydrogen) atoms. The smallest absolute Gasteiger partial charge is 0.245 e. The van der Waals surface area contributed by atoms with E-state index in [2.05, 4.69) is 5.32 Å². The molecule has 2 amide bonds. The monoisotopic (exact) mass is 328 g/mol. The third-order valence-corrected chi connectivity index (χ3v) is 4.33. The summed E-state index contributed by atoms with van der Waals surface area (Å²) >= 11 is 11.9. The fourth-order valence-corrected chi connectivity index (χ4v) is 2.82. The van der Waals surface area contributed by atoms with Crippen molar-refractivity contribution in [2.24, 2.45) is 0 Å². The molecule has 0 bridgehead atoms. The Hall–Kier alpha value is -1.26. The van der Waals surface area contributed by atoms with E-state index in [1.54, 1.807) is 24.0 Å². The average molecular weight is 329 g/mol. The van der Waals surface area contributed by atoms with Gasteiger partial charge in [-0.3, -0.25) is 9.59 Å². The first-order chi connectivity index (χ1) is 9.93. The Kier molecular flexibility index (Phi) is 5.12. The Labute approximate surface area is 134 Å². The number of nitrogens with one attached hydrogen (secondary N) is 1. The van der Waals surface area contributed by atoms with Crippen molar-refractivity contribution in [2.75, 3.05) is 0 Å². The average Bonchev–Trinajstić information content (AvgIpc) is 2.44. The van der Waals surface area contributed by atoms with Gasteiger partial charge in [-0.05, 0) is 31.0 Å². The summed E-state index contributed by atoms with van der Waals surface area (Å²) < 4.78 is 0. The number of nitrogens with zero attached hydrogens (tertiary/aromatic N) is 1. The van der Waals surface area contributed by atoms with Crippen LogP contribution in [0.2, 0.25) is 10.0 Å². The van der Waals surface area contributed by atoms with Crippen molar-refractivity contribution in [1.29, 1.82) is 0 Å². The minimum absolute atomic E-state index is 0.0703. The first kappa shape index (κ1) is 16.1. The lowest BCUT2D eigenvalue weighted by Crippen LogP contribution is -2.61. The first-order valence-corrected chi connectivity index (χ1v) is 7.74. The zero-order valence-electron chi connectivity index (χ0n) is 12.0. The van der Waals surface area contributed by atoms with Gasteiger partial charge < -0.3 is 10.2 Å². The van der Waals surface area contributed by atoms with Gasteiger partial charge in [0.15, 0.2) is 0 Å². The predicted molar refractivity (Wildman–Crippen MR) is 83.3 cm³/mol. The van der Waals surface area contributed by atoms with Gasteiger partial charge in [0, 0.05) is 6.54 Å². The van der Waals surface area contributed by atoms with E-state index in [0.717, 1.165) is 12.0 Å². The molecular formula is C15H18Cl2N2O2. The number of carbonyl (C=O) groups is 2. The maximum absolute atomic E-state index is 12.4. The van der Waals surface area contributed by atoms with Crippen LogP contribution in [-0.2, 0) is 16.1 Å². The van der Waals surface area contributed by atoms with Crippen molar-refractivity contribution in [1.82, 2.24) is 10.2 Å². The van der Waals surface area contributed by atoms with E-state index >= 15 is 0 Å². The standard InChI is InChI=1S/C15H18Cl2N2O2/c1-3-4-13-14(20)18-9(2)15(21)19(13)8-10-5-6-11(16)12(17)7-10/h5-7,9,13H,3-4,8H2,1-2H3,(H,18,20). The van der Waals surface area contributed by atoms with Gasteiger partial charge in [-0.2, -0.15) is 0 Å². The summed E-state index contributed by atoms with van der Waals surface area (Å²) in [6.45, 7) is 4.05. The van der Waals surface area contributed by atoms with E-state index in [9.17, 15) is 9.59 Å². The van der Waals surface area contributed by atoms with Crippen LogP contribution in [0.15, 0.2) is 18.2 Å². The molecule has 2 atom stereocenters. The largest absolute Gasteiger partial charge is 0.343 e. The Bertz CT molecular complexity index is 563. The highest BCUT2D eigenvalue weighted by Gasteiger charge is 2.37. The number of hydrogen-bond acceptors (Lipinski definition) is 2. The minimum Gasteiger partial charge on any atom is -0.343 e. The fraction of sp³-hybridized carbons (Fsp3) is 0.467. The second-order valence-electron chi connectivity index (χ2n) is 5.25. The number of rotatable bonds is 4. The van der Waals surface area contributed by atoms with Crippen LogP contribution >= 0.6 is 23.2 Å². The molecule has 1 aromatic rings. The van der Waals surface area contributed by atoms with Crippen molar-refractivity contribution in [3.8, 4) is 0 Å². The van der Waals surface area contributed by atoms with Gasteiger partial charge in [-0.25, -0.2) is 0 Å². The molecule has 0 saturated carbocycles. The Balaban J connectivity index is 2.25. The molecule has 1 aromatic carbocycles. The molecule has 1 aliphatic heterocycles. The molecular weight excluding hydrogens is 311 g/mol. The third-order valence-electron chi connectivity index (χ3n) is 3.59. The normalized spacial score (nSPS) is 22.4. The zero-order chi connectivity index (χ0) is 15.6. The quantitative estimate of drug-likeness (QED) is 0.923. The van der Waals surface area contributed by atoms with Gasteiger partial charge in [-0.15, -0.1) is 0 Å². The van der Waals surface area contributed by atoms with Crippen LogP contribution in [-0.4, -0.2) is 28.8 Å². The van der Waals surface area contributed by atoms with Crippen LogP contribution in [0.4, 0.5) is 0 Å². The summed E-state index contributed by atoms with van der Waals surface area (Å²) in [7, 11) is 0. The second-order valence-corrected chi connectivity index (χ2v) is 6.06. The predicted octanol–water partition coefficient (Wildman–Crippen LogP) is 3.01. The van der Waals surface area contributed by atoms with Crippen molar-refractivity contribution in [3.63, 3.8) is 0 Å². The number of amides is 2. The zero-order valence-corrected chi connectivity index (χ0v) is 13.5. The summed E-state index contributed by atoms with van der Waals surface area (Å²) in [5.74, 6) is -0.164. The van der Waals surface area contributed by atoms with Gasteiger partial charge in [0.25, 0.3) is 0 Å². The molecule has 0 aliphatic carbocycles. The van der Waals surface area contributed by atoms with Crippen LogP contribution in [0.5, 0.6) is 0 Å². The molecule has 0 radical (unpaired) electrons. The highest BCUT2D eigenvalue weighted by molar-refractivity contribution is 6.42. The van der Waals surface area contributed by atoms with E-state index in [1.807, 2.05) is 13.0 Å².